The van der Waals surface area contributed by atoms with E-state index in [1.807, 2.05) is 0 Å². The lowest BCUT2D eigenvalue weighted by Crippen LogP contribution is -2.33. The monoisotopic (exact) mass is 256 g/mol. The van der Waals surface area contributed by atoms with Gasteiger partial charge in [0.05, 0.1) is 6.10 Å². The molecule has 1 saturated heterocycles. The summed E-state index contributed by atoms with van der Waals surface area (Å²) in [6, 6.07) is 0. The Hall–Kier alpha value is -0.120. The number of hydrogen-bond acceptors (Lipinski definition) is 3. The number of hydrogen-bond donors (Lipinski definition) is 1. The minimum Gasteiger partial charge on any atom is -0.377 e. The predicted octanol–water partition coefficient (Wildman–Crippen LogP) is 2.66. The fraction of sp³-hybridized carbons (Fsp3) is 1.00. The Kier molecular flexibility index (Phi) is 9.54. The third-order valence-electron chi connectivity index (χ3n) is 3.68. The molecule has 0 aromatic carbocycles. The van der Waals surface area contributed by atoms with E-state index in [1.54, 1.807) is 0 Å². The Morgan fingerprint density at radius 1 is 1.17 bits per heavy atom. The maximum Gasteiger partial charge on any atom is 0.0701 e. The van der Waals surface area contributed by atoms with E-state index >= 15 is 0 Å². The lowest BCUT2D eigenvalue weighted by molar-refractivity contribution is -0.00160. The van der Waals surface area contributed by atoms with Gasteiger partial charge in [-0.2, -0.15) is 0 Å². The fourth-order valence-electron chi connectivity index (χ4n) is 2.55. The minimum atomic E-state index is 0.498. The van der Waals surface area contributed by atoms with Crippen molar-refractivity contribution in [2.75, 3.05) is 39.8 Å². The molecule has 18 heavy (non-hydrogen) atoms. The zero-order chi connectivity index (χ0) is 13.1. The van der Waals surface area contributed by atoms with Crippen LogP contribution in [0.5, 0.6) is 0 Å². The number of nitrogens with zero attached hydrogens (tertiary/aromatic N) is 1. The molecule has 1 unspecified atom stereocenters. The Labute approximate surface area is 113 Å². The molecule has 0 amide bonds. The standard InChI is InChI=1S/C15H32N2O/c1-3-16-11-7-4-5-8-12-17(2)14-15-10-6-9-13-18-15/h15-16H,3-14H2,1-2H3. The molecule has 0 bridgehead atoms. The molecule has 1 atom stereocenters. The van der Waals surface area contributed by atoms with E-state index in [0.717, 1.165) is 19.7 Å². The summed E-state index contributed by atoms with van der Waals surface area (Å²) in [6.45, 7) is 7.77. The van der Waals surface area contributed by atoms with Crippen molar-refractivity contribution in [3.63, 3.8) is 0 Å². The molecule has 1 aliphatic heterocycles. The maximum atomic E-state index is 5.77. The van der Waals surface area contributed by atoms with Crippen molar-refractivity contribution in [3.8, 4) is 0 Å². The van der Waals surface area contributed by atoms with Crippen LogP contribution in [0.1, 0.15) is 51.9 Å². The van der Waals surface area contributed by atoms with Gasteiger partial charge in [0.1, 0.15) is 0 Å². The quantitative estimate of drug-likeness (QED) is 0.608. The second-order valence-electron chi connectivity index (χ2n) is 5.52. The van der Waals surface area contributed by atoms with Gasteiger partial charge < -0.3 is 15.0 Å². The first-order valence-electron chi connectivity index (χ1n) is 7.83. The van der Waals surface area contributed by atoms with E-state index < -0.39 is 0 Å². The second-order valence-corrected chi connectivity index (χ2v) is 5.52. The van der Waals surface area contributed by atoms with Crippen LogP contribution in [0.2, 0.25) is 0 Å². The van der Waals surface area contributed by atoms with E-state index in [9.17, 15) is 0 Å². The van der Waals surface area contributed by atoms with Crippen LogP contribution < -0.4 is 5.32 Å². The molecule has 0 spiro atoms. The largest absolute Gasteiger partial charge is 0.377 e. The van der Waals surface area contributed by atoms with Gasteiger partial charge >= 0.3 is 0 Å². The highest BCUT2D eigenvalue weighted by atomic mass is 16.5. The van der Waals surface area contributed by atoms with Gasteiger partial charge in [0.25, 0.3) is 0 Å². The van der Waals surface area contributed by atoms with E-state index in [1.165, 1.54) is 58.0 Å². The third-order valence-corrected chi connectivity index (χ3v) is 3.68. The van der Waals surface area contributed by atoms with Crippen LogP contribution in [0, 0.1) is 0 Å². The summed E-state index contributed by atoms with van der Waals surface area (Å²) < 4.78 is 5.77. The molecule has 0 aromatic rings. The molecule has 1 rings (SSSR count). The van der Waals surface area contributed by atoms with Crippen molar-refractivity contribution in [2.45, 2.75) is 58.0 Å². The highest BCUT2D eigenvalue weighted by Crippen LogP contribution is 2.13. The van der Waals surface area contributed by atoms with Crippen molar-refractivity contribution in [1.29, 1.82) is 0 Å². The van der Waals surface area contributed by atoms with Crippen molar-refractivity contribution in [1.82, 2.24) is 10.2 Å². The average Bonchev–Trinajstić information content (AvgIpc) is 2.39. The fourth-order valence-corrected chi connectivity index (χ4v) is 2.55. The predicted molar refractivity (Wildman–Crippen MR) is 78.1 cm³/mol. The Bertz CT molecular complexity index is 181. The molecular weight excluding hydrogens is 224 g/mol. The number of rotatable bonds is 10. The molecule has 0 saturated carbocycles. The van der Waals surface area contributed by atoms with Crippen LogP contribution in [0.15, 0.2) is 0 Å². The summed E-state index contributed by atoms with van der Waals surface area (Å²) in [5.41, 5.74) is 0. The topological polar surface area (TPSA) is 24.5 Å². The third kappa shape index (κ3) is 8.06. The van der Waals surface area contributed by atoms with Gasteiger partial charge in [0.15, 0.2) is 0 Å². The summed E-state index contributed by atoms with van der Waals surface area (Å²) >= 11 is 0. The molecule has 0 aliphatic carbocycles. The normalized spacial score (nSPS) is 20.5. The van der Waals surface area contributed by atoms with Gasteiger partial charge in [-0.3, -0.25) is 0 Å². The molecule has 0 radical (unpaired) electrons. The Morgan fingerprint density at radius 3 is 2.72 bits per heavy atom. The average molecular weight is 256 g/mol. The highest BCUT2D eigenvalue weighted by Gasteiger charge is 2.15. The van der Waals surface area contributed by atoms with E-state index in [-0.39, 0.29) is 0 Å². The summed E-state index contributed by atoms with van der Waals surface area (Å²) in [7, 11) is 2.23. The molecule has 1 aliphatic rings. The lowest BCUT2D eigenvalue weighted by Gasteiger charge is -2.27. The van der Waals surface area contributed by atoms with Gasteiger partial charge in [-0.15, -0.1) is 0 Å². The maximum absolute atomic E-state index is 5.77. The number of likely N-dealkylation sites (N-methyl/N-ethyl adjacent to an activating group) is 1. The number of unbranched alkanes of at least 4 members (excludes halogenated alkanes) is 3. The van der Waals surface area contributed by atoms with Crippen molar-refractivity contribution < 1.29 is 4.74 Å². The Balaban J connectivity index is 1.88. The smallest absolute Gasteiger partial charge is 0.0701 e. The van der Waals surface area contributed by atoms with Gasteiger partial charge in [-0.25, -0.2) is 0 Å². The van der Waals surface area contributed by atoms with Gasteiger partial charge in [0.2, 0.25) is 0 Å². The first-order valence-corrected chi connectivity index (χ1v) is 7.83. The van der Waals surface area contributed by atoms with Crippen LogP contribution >= 0.6 is 0 Å². The zero-order valence-corrected chi connectivity index (χ0v) is 12.4. The van der Waals surface area contributed by atoms with Crippen LogP contribution in [-0.4, -0.2) is 50.8 Å². The SMILES string of the molecule is CCNCCCCCCN(C)CC1CCCCO1. The molecule has 1 heterocycles. The van der Waals surface area contributed by atoms with Crippen LogP contribution in [0.25, 0.3) is 0 Å². The highest BCUT2D eigenvalue weighted by molar-refractivity contribution is 4.67. The van der Waals surface area contributed by atoms with Crippen molar-refractivity contribution in [2.24, 2.45) is 0 Å². The molecule has 0 aromatic heterocycles. The minimum absolute atomic E-state index is 0.498. The summed E-state index contributed by atoms with van der Waals surface area (Å²) in [5.74, 6) is 0. The number of nitrogens with one attached hydrogen (secondary N) is 1. The van der Waals surface area contributed by atoms with Crippen molar-refractivity contribution in [3.05, 3.63) is 0 Å². The summed E-state index contributed by atoms with van der Waals surface area (Å²) in [5, 5.41) is 3.38. The van der Waals surface area contributed by atoms with E-state index in [2.05, 4.69) is 24.2 Å². The van der Waals surface area contributed by atoms with E-state index in [4.69, 9.17) is 4.74 Å². The van der Waals surface area contributed by atoms with Crippen LogP contribution in [-0.2, 0) is 4.74 Å². The summed E-state index contributed by atoms with van der Waals surface area (Å²) in [4.78, 5) is 2.44. The van der Waals surface area contributed by atoms with Gasteiger partial charge in [0, 0.05) is 13.2 Å². The number of ether oxygens (including phenoxy) is 1. The molecule has 1 N–H and O–H groups in total. The van der Waals surface area contributed by atoms with Gasteiger partial charge in [-0.05, 0) is 58.8 Å². The van der Waals surface area contributed by atoms with Crippen LogP contribution in [0.4, 0.5) is 0 Å². The second kappa shape index (κ2) is 10.8. The molecule has 108 valence electrons. The molecule has 1 fully saturated rings. The van der Waals surface area contributed by atoms with Gasteiger partial charge in [-0.1, -0.05) is 19.8 Å². The summed E-state index contributed by atoms with van der Waals surface area (Å²) in [6.07, 6.45) is 9.74. The lowest BCUT2D eigenvalue weighted by atomic mass is 10.1. The molecule has 3 heteroatoms. The first kappa shape index (κ1) is 15.9. The molecular formula is C15H32N2O. The van der Waals surface area contributed by atoms with E-state index in [0.29, 0.717) is 6.10 Å². The van der Waals surface area contributed by atoms with Crippen LogP contribution in [0.3, 0.4) is 0 Å². The van der Waals surface area contributed by atoms with Crippen molar-refractivity contribution >= 4 is 0 Å². The zero-order valence-electron chi connectivity index (χ0n) is 12.4. The Morgan fingerprint density at radius 2 is 2.00 bits per heavy atom. The molecule has 3 nitrogen and oxygen atoms in total. The first-order chi connectivity index (χ1) is 8.83.